The topological polar surface area (TPSA) is 153 Å². The van der Waals surface area contributed by atoms with Gasteiger partial charge in [0.05, 0.1) is 31.9 Å². The molecular formula is C45H64N6O6. The van der Waals surface area contributed by atoms with Gasteiger partial charge >= 0.3 is 0 Å². The number of anilines is 1. The quantitative estimate of drug-likeness (QED) is 0.150. The van der Waals surface area contributed by atoms with Gasteiger partial charge in [-0.05, 0) is 86.4 Å². The molecule has 6 N–H and O–H groups in total. The number of para-hydroxylation sites is 1. The summed E-state index contributed by atoms with van der Waals surface area (Å²) in [5, 5.41) is 30.5. The number of ether oxygens (including phenoxy) is 1. The molecule has 3 saturated carbocycles. The molecule has 1 unspecified atom stereocenters. The predicted octanol–water partition coefficient (Wildman–Crippen LogP) is 4.45. The van der Waals surface area contributed by atoms with E-state index in [1.807, 2.05) is 105 Å². The maximum atomic E-state index is 14.3. The Morgan fingerprint density at radius 1 is 1.04 bits per heavy atom. The second-order valence-electron chi connectivity index (χ2n) is 17.6. The van der Waals surface area contributed by atoms with Crippen LogP contribution in [-0.4, -0.2) is 111 Å². The van der Waals surface area contributed by atoms with Crippen LogP contribution in [0.1, 0.15) is 68.1 Å². The highest BCUT2D eigenvalue weighted by atomic mass is 16.7. The van der Waals surface area contributed by atoms with Crippen molar-refractivity contribution in [1.82, 2.24) is 20.6 Å². The Labute approximate surface area is 338 Å². The maximum absolute atomic E-state index is 14.3. The zero-order valence-corrected chi connectivity index (χ0v) is 35.1. The van der Waals surface area contributed by atoms with E-state index in [0.717, 1.165) is 34.4 Å². The Kier molecular flexibility index (Phi) is 13.0. The lowest BCUT2D eigenvalue weighted by atomic mass is 9.45. The third-order valence-electron chi connectivity index (χ3n) is 13.1. The second-order valence-corrected chi connectivity index (χ2v) is 17.6. The number of rotatable bonds is 15. The highest BCUT2D eigenvalue weighted by Gasteiger charge is 2.57. The van der Waals surface area contributed by atoms with Gasteiger partial charge in [-0.15, -0.1) is 0 Å². The summed E-state index contributed by atoms with van der Waals surface area (Å²) in [5.74, 6) is 1.03. The molecule has 2 bridgehead atoms. The molecule has 12 heteroatoms. The van der Waals surface area contributed by atoms with Gasteiger partial charge in [0.2, 0.25) is 5.91 Å². The Bertz CT molecular complexity index is 1870. The van der Waals surface area contributed by atoms with Crippen molar-refractivity contribution in [2.45, 2.75) is 83.5 Å². The predicted molar refractivity (Wildman–Crippen MR) is 223 cm³/mol. The second kappa shape index (κ2) is 17.4. The first-order valence-electron chi connectivity index (χ1n) is 20.3. The lowest BCUT2D eigenvalue weighted by Crippen LogP contribution is -2.62. The minimum absolute atomic E-state index is 0.0516. The third-order valence-corrected chi connectivity index (χ3v) is 13.1. The number of aliphatic hydroxyl groups is 2. The number of benzene rings is 3. The van der Waals surface area contributed by atoms with E-state index >= 15 is 0 Å². The number of nitrogens with two attached hydrogens (primary N) is 1. The lowest BCUT2D eigenvalue weighted by molar-refractivity contribution is -0.175. The zero-order valence-electron chi connectivity index (χ0n) is 35.1. The molecule has 12 nitrogen and oxygen atoms in total. The number of carbonyl (C=O) groups excluding carboxylic acids is 2. The first kappa shape index (κ1) is 42.6. The summed E-state index contributed by atoms with van der Waals surface area (Å²) in [6.07, 6.45) is -0.164. The molecule has 0 spiro atoms. The Hall–Kier alpha value is -4.04. The van der Waals surface area contributed by atoms with Crippen molar-refractivity contribution in [2.75, 3.05) is 53.3 Å². The minimum atomic E-state index is -0.916. The number of hydrogen-bond donors (Lipinski definition) is 5. The van der Waals surface area contributed by atoms with Crippen molar-refractivity contribution in [3.8, 4) is 16.9 Å². The fourth-order valence-corrected chi connectivity index (χ4v) is 9.78. The van der Waals surface area contributed by atoms with Gasteiger partial charge in [0.1, 0.15) is 17.9 Å². The Morgan fingerprint density at radius 3 is 2.35 bits per heavy atom. The third kappa shape index (κ3) is 8.72. The number of carbonyl (C=O) groups is 2. The molecule has 1 aliphatic heterocycles. The SMILES string of the molecule is COc1c(CN2O[C@@H](CN)C([C@H](C)O)[C@H]2C(=O)N[C@H]2C[C@H]3C[C@@H]([C@@H]2C)C3(C)C)cccc1-c1cc(C(=O)N[C@H](CN(C)C)[C@H](O)c2ccccc2)cc(N(C)C)c1. The normalized spacial score (nSPS) is 26.9. The summed E-state index contributed by atoms with van der Waals surface area (Å²) in [6.45, 7) is 9.39. The number of hydrogen-bond acceptors (Lipinski definition) is 10. The summed E-state index contributed by atoms with van der Waals surface area (Å²) < 4.78 is 6.12. The van der Waals surface area contributed by atoms with E-state index < -0.39 is 36.3 Å². The molecule has 57 heavy (non-hydrogen) atoms. The standard InChI is InChI=1S/C45H64N6O6/c1-26-35-21-32(45(35,3)4)22-36(26)47-44(55)40-39(27(2)52)38(23-46)57-51(40)24-29-16-13-17-34(42(29)56-9)30-18-31(20-33(19-30)50(7)8)43(54)48-37(25-49(5)6)41(53)28-14-11-10-12-15-28/h10-20,26-27,32,35-41,52-53H,21-25,46H2,1-9H3,(H,47,55)(H,48,54)/t26-,27-,32+,35-,36-,37+,38-,39?,40-,41+/m0/s1. The number of nitrogens with one attached hydrogen (secondary N) is 2. The molecule has 4 aliphatic rings. The molecule has 10 atom stereocenters. The number of fused-ring (bicyclic) bond motifs is 2. The van der Waals surface area contributed by atoms with Crippen LogP contribution in [-0.2, 0) is 16.2 Å². The monoisotopic (exact) mass is 784 g/mol. The number of likely N-dealkylation sites (N-methyl/N-ethyl adjacent to an activating group) is 1. The van der Waals surface area contributed by atoms with Crippen LogP contribution in [0.3, 0.4) is 0 Å². The first-order chi connectivity index (χ1) is 27.0. The van der Waals surface area contributed by atoms with Crippen molar-refractivity contribution in [3.05, 3.63) is 83.4 Å². The molecule has 4 fully saturated rings. The minimum Gasteiger partial charge on any atom is -0.496 e. The average Bonchev–Trinajstić information content (AvgIpc) is 3.56. The van der Waals surface area contributed by atoms with E-state index in [1.54, 1.807) is 19.1 Å². The summed E-state index contributed by atoms with van der Waals surface area (Å²) >= 11 is 0. The largest absolute Gasteiger partial charge is 0.496 e. The van der Waals surface area contributed by atoms with Gasteiger partial charge in [-0.2, -0.15) is 5.06 Å². The molecule has 2 amide bonds. The van der Waals surface area contributed by atoms with Crippen LogP contribution < -0.4 is 26.0 Å². The number of nitrogens with zero attached hydrogens (tertiary/aromatic N) is 3. The summed E-state index contributed by atoms with van der Waals surface area (Å²) in [5.41, 5.74) is 10.7. The van der Waals surface area contributed by atoms with E-state index in [-0.39, 0.29) is 36.4 Å². The summed E-state index contributed by atoms with van der Waals surface area (Å²) in [6, 6.07) is 19.5. The summed E-state index contributed by atoms with van der Waals surface area (Å²) in [4.78, 5) is 38.7. The molecule has 0 radical (unpaired) electrons. The van der Waals surface area contributed by atoms with E-state index in [9.17, 15) is 19.8 Å². The average molecular weight is 785 g/mol. The highest BCUT2D eigenvalue weighted by Crippen LogP contribution is 2.61. The molecule has 0 aromatic heterocycles. The van der Waals surface area contributed by atoms with E-state index in [0.29, 0.717) is 35.6 Å². The smallest absolute Gasteiger partial charge is 0.251 e. The van der Waals surface area contributed by atoms with Crippen LogP contribution in [0, 0.1) is 29.1 Å². The Morgan fingerprint density at radius 2 is 1.75 bits per heavy atom. The number of aliphatic hydroxyl groups excluding tert-OH is 2. The fourth-order valence-electron chi connectivity index (χ4n) is 9.78. The highest BCUT2D eigenvalue weighted by molar-refractivity contribution is 5.97. The van der Waals surface area contributed by atoms with Crippen LogP contribution in [0.15, 0.2) is 66.7 Å². The summed E-state index contributed by atoms with van der Waals surface area (Å²) in [7, 11) is 9.26. The van der Waals surface area contributed by atoms with Crippen molar-refractivity contribution in [2.24, 2.45) is 34.8 Å². The molecular weight excluding hydrogens is 721 g/mol. The van der Waals surface area contributed by atoms with Gasteiger partial charge in [0.15, 0.2) is 0 Å². The van der Waals surface area contributed by atoms with Crippen molar-refractivity contribution >= 4 is 17.5 Å². The van der Waals surface area contributed by atoms with Crippen molar-refractivity contribution in [1.29, 1.82) is 0 Å². The van der Waals surface area contributed by atoms with E-state index in [1.165, 1.54) is 6.42 Å². The molecule has 3 aromatic carbocycles. The molecule has 1 heterocycles. The van der Waals surface area contributed by atoms with Gasteiger partial charge in [0.25, 0.3) is 5.91 Å². The van der Waals surface area contributed by atoms with Gasteiger partial charge in [-0.3, -0.25) is 14.4 Å². The number of amides is 2. The molecule has 3 aromatic rings. The van der Waals surface area contributed by atoms with Crippen molar-refractivity contribution < 1.29 is 29.4 Å². The number of methoxy groups -OCH3 is 1. The van der Waals surface area contributed by atoms with Crippen LogP contribution in [0.5, 0.6) is 5.75 Å². The molecule has 310 valence electrons. The molecule has 1 saturated heterocycles. The van der Waals surface area contributed by atoms with Crippen LogP contribution in [0.2, 0.25) is 0 Å². The van der Waals surface area contributed by atoms with Gasteiger partial charge in [-0.1, -0.05) is 69.3 Å². The fraction of sp³-hybridized carbons (Fsp3) is 0.556. The van der Waals surface area contributed by atoms with Crippen LogP contribution in [0.25, 0.3) is 11.1 Å². The lowest BCUT2D eigenvalue weighted by Gasteiger charge is -2.62. The molecule has 7 rings (SSSR count). The number of hydroxylamine groups is 2. The first-order valence-corrected chi connectivity index (χ1v) is 20.3. The maximum Gasteiger partial charge on any atom is 0.251 e. The van der Waals surface area contributed by atoms with Gasteiger partial charge in [0, 0.05) is 61.5 Å². The van der Waals surface area contributed by atoms with Crippen LogP contribution in [0.4, 0.5) is 5.69 Å². The Balaban J connectivity index is 1.29. The van der Waals surface area contributed by atoms with Gasteiger partial charge < -0.3 is 41.1 Å². The van der Waals surface area contributed by atoms with E-state index in [2.05, 4.69) is 31.4 Å². The van der Waals surface area contributed by atoms with Crippen molar-refractivity contribution in [3.63, 3.8) is 0 Å². The van der Waals surface area contributed by atoms with E-state index in [4.69, 9.17) is 15.3 Å². The van der Waals surface area contributed by atoms with Gasteiger partial charge in [-0.25, -0.2) is 0 Å². The van der Waals surface area contributed by atoms with Crippen LogP contribution >= 0.6 is 0 Å². The zero-order chi connectivity index (χ0) is 41.3. The molecule has 3 aliphatic carbocycles.